The number of nitrogens with one attached hydrogen (secondary N) is 2. The van der Waals surface area contributed by atoms with Crippen LogP contribution in [0.5, 0.6) is 0 Å². The van der Waals surface area contributed by atoms with Crippen LogP contribution in [0.15, 0.2) is 16.9 Å². The molecule has 26 heavy (non-hydrogen) atoms. The molecule has 2 aromatic rings. The van der Waals surface area contributed by atoms with Crippen molar-refractivity contribution >= 4 is 11.7 Å². The van der Waals surface area contributed by atoms with E-state index in [0.717, 1.165) is 37.1 Å². The molecule has 0 unspecified atom stereocenters. The molecular formula is C19H27N5O2. The van der Waals surface area contributed by atoms with E-state index < -0.39 is 0 Å². The Morgan fingerprint density at radius 2 is 2.08 bits per heavy atom. The van der Waals surface area contributed by atoms with E-state index in [4.69, 9.17) is 0 Å². The van der Waals surface area contributed by atoms with Crippen LogP contribution >= 0.6 is 0 Å². The van der Waals surface area contributed by atoms with Gasteiger partial charge < -0.3 is 5.32 Å². The van der Waals surface area contributed by atoms with Crippen LogP contribution in [0.1, 0.15) is 63.3 Å². The number of hydrogen-bond acceptors (Lipinski definition) is 4. The van der Waals surface area contributed by atoms with Crippen LogP contribution in [0.4, 0.5) is 5.82 Å². The molecule has 0 aromatic carbocycles. The van der Waals surface area contributed by atoms with Gasteiger partial charge in [-0.25, -0.2) is 4.98 Å². The van der Waals surface area contributed by atoms with Crippen LogP contribution < -0.4 is 10.9 Å². The first-order valence-electron chi connectivity index (χ1n) is 9.52. The molecule has 1 saturated carbocycles. The van der Waals surface area contributed by atoms with Crippen molar-refractivity contribution in [2.75, 3.05) is 5.32 Å². The third-order valence-electron chi connectivity index (χ3n) is 4.79. The lowest BCUT2D eigenvalue weighted by atomic mass is 9.87. The van der Waals surface area contributed by atoms with Crippen LogP contribution in [0.25, 0.3) is 5.95 Å². The molecule has 2 N–H and O–H groups in total. The molecule has 7 nitrogen and oxygen atoms in total. The van der Waals surface area contributed by atoms with Gasteiger partial charge in [0.25, 0.3) is 5.56 Å². The van der Waals surface area contributed by atoms with Gasteiger partial charge in [0.15, 0.2) is 0 Å². The second-order valence-electron chi connectivity index (χ2n) is 7.15. The van der Waals surface area contributed by atoms with Crippen LogP contribution in [-0.4, -0.2) is 25.7 Å². The minimum Gasteiger partial charge on any atom is -0.310 e. The van der Waals surface area contributed by atoms with E-state index in [0.29, 0.717) is 24.1 Å². The fraction of sp³-hybridized carbons (Fsp3) is 0.579. The van der Waals surface area contributed by atoms with Crippen molar-refractivity contribution in [1.82, 2.24) is 19.7 Å². The lowest BCUT2D eigenvalue weighted by Gasteiger charge is -2.20. The van der Waals surface area contributed by atoms with E-state index in [-0.39, 0.29) is 11.5 Å². The molecule has 0 radical (unpaired) electrons. The highest BCUT2D eigenvalue weighted by Crippen LogP contribution is 2.26. The molecule has 1 aliphatic rings. The van der Waals surface area contributed by atoms with Gasteiger partial charge in [-0.3, -0.25) is 14.6 Å². The van der Waals surface area contributed by atoms with Crippen molar-refractivity contribution in [3.8, 4) is 5.95 Å². The Morgan fingerprint density at radius 1 is 1.31 bits per heavy atom. The molecule has 2 aromatic heterocycles. The van der Waals surface area contributed by atoms with E-state index in [1.54, 1.807) is 6.07 Å². The molecule has 0 saturated heterocycles. The Morgan fingerprint density at radius 3 is 2.81 bits per heavy atom. The van der Waals surface area contributed by atoms with Crippen molar-refractivity contribution in [3.05, 3.63) is 33.9 Å². The molecule has 0 aliphatic heterocycles. The lowest BCUT2D eigenvalue weighted by molar-refractivity contribution is -0.117. The van der Waals surface area contributed by atoms with Gasteiger partial charge in [0.1, 0.15) is 5.82 Å². The van der Waals surface area contributed by atoms with E-state index >= 15 is 0 Å². The van der Waals surface area contributed by atoms with Gasteiger partial charge in [-0.05, 0) is 32.1 Å². The minimum absolute atomic E-state index is 0.00916. The van der Waals surface area contributed by atoms with E-state index in [9.17, 15) is 9.59 Å². The van der Waals surface area contributed by atoms with Crippen molar-refractivity contribution in [1.29, 1.82) is 0 Å². The largest absolute Gasteiger partial charge is 0.310 e. The standard InChI is InChI=1S/C19H27N5O2/c1-3-7-15-12-18(26)22-19(20-15)24-16(10-13(2)23-24)21-17(25)11-14-8-5-4-6-9-14/h10,12,14H,3-9,11H2,1-2H3,(H,21,25)(H,20,22,26). The Labute approximate surface area is 153 Å². The van der Waals surface area contributed by atoms with Gasteiger partial charge in [-0.1, -0.05) is 32.6 Å². The summed E-state index contributed by atoms with van der Waals surface area (Å²) in [4.78, 5) is 31.6. The highest BCUT2D eigenvalue weighted by molar-refractivity contribution is 5.90. The quantitative estimate of drug-likeness (QED) is 0.831. The summed E-state index contributed by atoms with van der Waals surface area (Å²) < 4.78 is 1.51. The fourth-order valence-corrected chi connectivity index (χ4v) is 3.58. The van der Waals surface area contributed by atoms with Gasteiger partial charge in [0.05, 0.1) is 5.69 Å². The van der Waals surface area contributed by atoms with Crippen LogP contribution in [0.2, 0.25) is 0 Å². The maximum atomic E-state index is 12.5. The first kappa shape index (κ1) is 18.4. The second-order valence-corrected chi connectivity index (χ2v) is 7.15. The van der Waals surface area contributed by atoms with Gasteiger partial charge in [0.2, 0.25) is 11.9 Å². The monoisotopic (exact) mass is 357 g/mol. The van der Waals surface area contributed by atoms with Gasteiger partial charge in [0, 0.05) is 24.2 Å². The number of H-pyrrole nitrogens is 1. The van der Waals surface area contributed by atoms with Gasteiger partial charge >= 0.3 is 0 Å². The van der Waals surface area contributed by atoms with E-state index in [2.05, 4.69) is 20.4 Å². The molecule has 0 spiro atoms. The molecule has 0 bridgehead atoms. The van der Waals surface area contributed by atoms with E-state index in [1.807, 2.05) is 13.8 Å². The summed E-state index contributed by atoms with van der Waals surface area (Å²) in [7, 11) is 0. The molecule has 140 valence electrons. The highest BCUT2D eigenvalue weighted by Gasteiger charge is 2.19. The normalized spacial score (nSPS) is 15.2. The molecule has 3 rings (SSSR count). The molecular weight excluding hydrogens is 330 g/mol. The van der Waals surface area contributed by atoms with Crippen LogP contribution in [0.3, 0.4) is 0 Å². The molecule has 0 atom stereocenters. The molecule has 7 heteroatoms. The average Bonchev–Trinajstić information content (AvgIpc) is 2.95. The summed E-state index contributed by atoms with van der Waals surface area (Å²) >= 11 is 0. The number of aromatic amines is 1. The number of hydrogen-bond donors (Lipinski definition) is 2. The van der Waals surface area contributed by atoms with Crippen molar-refractivity contribution in [2.45, 2.75) is 65.2 Å². The number of aryl methyl sites for hydroxylation is 2. The average molecular weight is 357 g/mol. The number of amides is 1. The molecule has 1 amide bonds. The number of aromatic nitrogens is 4. The lowest BCUT2D eigenvalue weighted by Crippen LogP contribution is -2.21. The highest BCUT2D eigenvalue weighted by atomic mass is 16.1. The predicted octanol–water partition coefficient (Wildman–Crippen LogP) is 3.13. The predicted molar refractivity (Wildman–Crippen MR) is 101 cm³/mol. The molecule has 1 aliphatic carbocycles. The Balaban J connectivity index is 1.79. The Kier molecular flexibility index (Phi) is 5.85. The minimum atomic E-state index is -0.217. The van der Waals surface area contributed by atoms with Crippen molar-refractivity contribution in [2.24, 2.45) is 5.92 Å². The zero-order valence-electron chi connectivity index (χ0n) is 15.5. The van der Waals surface area contributed by atoms with Gasteiger partial charge in [-0.15, -0.1) is 0 Å². The maximum absolute atomic E-state index is 12.5. The third-order valence-corrected chi connectivity index (χ3v) is 4.79. The number of nitrogens with zero attached hydrogens (tertiary/aromatic N) is 3. The summed E-state index contributed by atoms with van der Waals surface area (Å²) in [5, 5.41) is 7.34. The third kappa shape index (κ3) is 4.59. The molecule has 1 fully saturated rings. The fourth-order valence-electron chi connectivity index (χ4n) is 3.58. The van der Waals surface area contributed by atoms with Crippen LogP contribution in [-0.2, 0) is 11.2 Å². The maximum Gasteiger partial charge on any atom is 0.252 e. The Bertz CT molecular complexity index is 818. The SMILES string of the molecule is CCCc1cc(=O)[nH]c(-n2nc(C)cc2NC(=O)CC2CCCCC2)n1. The van der Waals surface area contributed by atoms with Gasteiger partial charge in [-0.2, -0.15) is 9.78 Å². The van der Waals surface area contributed by atoms with Crippen LogP contribution in [0, 0.1) is 12.8 Å². The summed E-state index contributed by atoms with van der Waals surface area (Å²) in [5.41, 5.74) is 1.26. The first-order chi connectivity index (χ1) is 12.5. The number of anilines is 1. The summed E-state index contributed by atoms with van der Waals surface area (Å²) in [6, 6.07) is 3.30. The smallest absolute Gasteiger partial charge is 0.252 e. The second kappa shape index (κ2) is 8.29. The number of carbonyl (C=O) groups is 1. The zero-order chi connectivity index (χ0) is 18.5. The number of rotatable bonds is 6. The first-order valence-corrected chi connectivity index (χ1v) is 9.52. The summed E-state index contributed by atoms with van der Waals surface area (Å²) in [6.07, 6.45) is 8.11. The Hall–Kier alpha value is -2.44. The van der Waals surface area contributed by atoms with Crippen molar-refractivity contribution in [3.63, 3.8) is 0 Å². The molecule has 2 heterocycles. The number of carbonyl (C=O) groups excluding carboxylic acids is 1. The van der Waals surface area contributed by atoms with Crippen molar-refractivity contribution < 1.29 is 4.79 Å². The topological polar surface area (TPSA) is 92.7 Å². The zero-order valence-corrected chi connectivity index (χ0v) is 15.5. The summed E-state index contributed by atoms with van der Waals surface area (Å²) in [5.74, 6) is 1.33. The van der Waals surface area contributed by atoms with E-state index in [1.165, 1.54) is 30.0 Å². The summed E-state index contributed by atoms with van der Waals surface area (Å²) in [6.45, 7) is 3.89.